The minimum atomic E-state index is 0.576. The van der Waals surface area contributed by atoms with Crippen LogP contribution in [0.15, 0.2) is 17.1 Å². The van der Waals surface area contributed by atoms with Crippen molar-refractivity contribution in [2.75, 3.05) is 13.1 Å². The molecule has 0 amide bonds. The van der Waals surface area contributed by atoms with Crippen LogP contribution in [0.2, 0.25) is 0 Å². The third-order valence-electron chi connectivity index (χ3n) is 5.99. The van der Waals surface area contributed by atoms with Crippen molar-refractivity contribution in [3.63, 3.8) is 0 Å². The molecule has 1 unspecified atom stereocenters. The molecule has 1 aliphatic heterocycles. The summed E-state index contributed by atoms with van der Waals surface area (Å²) in [5, 5.41) is 6.88. The highest BCUT2D eigenvalue weighted by Crippen LogP contribution is 2.56. The Hall–Kier alpha value is -0.820. The van der Waals surface area contributed by atoms with E-state index in [0.717, 1.165) is 25.0 Å². The Morgan fingerprint density at radius 3 is 2.79 bits per heavy atom. The van der Waals surface area contributed by atoms with E-state index in [0.29, 0.717) is 5.41 Å². The van der Waals surface area contributed by atoms with Gasteiger partial charge in [-0.2, -0.15) is 0 Å². The minimum absolute atomic E-state index is 0.576. The van der Waals surface area contributed by atoms with E-state index < -0.39 is 0 Å². The highest BCUT2D eigenvalue weighted by atomic mass is 32.1. The molecule has 2 aliphatic carbocycles. The predicted molar refractivity (Wildman–Crippen MR) is 98.4 cm³/mol. The lowest BCUT2D eigenvalue weighted by molar-refractivity contribution is 0.189. The maximum absolute atomic E-state index is 4.68. The molecule has 0 radical (unpaired) electrons. The highest BCUT2D eigenvalue weighted by Gasteiger charge is 2.56. The number of rotatable bonds is 6. The van der Waals surface area contributed by atoms with Gasteiger partial charge in [-0.15, -0.1) is 22.7 Å². The number of hydrogen-bond donors (Lipinski definition) is 1. The largest absolute Gasteiger partial charge is 0.317 e. The lowest BCUT2D eigenvalue weighted by Crippen LogP contribution is -2.35. The summed E-state index contributed by atoms with van der Waals surface area (Å²) >= 11 is 3.65. The second-order valence-electron chi connectivity index (χ2n) is 7.60. The van der Waals surface area contributed by atoms with E-state index in [4.69, 9.17) is 0 Å². The van der Waals surface area contributed by atoms with E-state index in [1.54, 1.807) is 11.3 Å². The van der Waals surface area contributed by atoms with E-state index in [9.17, 15) is 0 Å². The van der Waals surface area contributed by atoms with E-state index in [2.05, 4.69) is 31.1 Å². The summed E-state index contributed by atoms with van der Waals surface area (Å²) in [5.74, 6) is 0.750. The zero-order valence-electron chi connectivity index (χ0n) is 13.9. The van der Waals surface area contributed by atoms with Crippen LogP contribution in [0.1, 0.15) is 53.6 Å². The third-order valence-corrected chi connectivity index (χ3v) is 7.59. The average molecular weight is 361 g/mol. The highest BCUT2D eigenvalue weighted by molar-refractivity contribution is 7.10. The van der Waals surface area contributed by atoms with E-state index >= 15 is 0 Å². The number of thiazole rings is 2. The first-order chi connectivity index (χ1) is 11.8. The van der Waals surface area contributed by atoms with Gasteiger partial charge in [0, 0.05) is 35.0 Å². The van der Waals surface area contributed by atoms with Crippen LogP contribution in [0, 0.1) is 5.41 Å². The van der Waals surface area contributed by atoms with Crippen molar-refractivity contribution in [3.8, 4) is 0 Å². The van der Waals surface area contributed by atoms with Crippen LogP contribution in [0.3, 0.4) is 0 Å². The summed E-state index contributed by atoms with van der Waals surface area (Å²) < 4.78 is 0. The van der Waals surface area contributed by atoms with Gasteiger partial charge in [0.1, 0.15) is 5.01 Å². The Balaban J connectivity index is 1.36. The van der Waals surface area contributed by atoms with Crippen LogP contribution in [-0.2, 0) is 13.1 Å². The molecular weight excluding hydrogens is 336 g/mol. The first-order valence-corrected chi connectivity index (χ1v) is 10.9. The molecule has 24 heavy (non-hydrogen) atoms. The lowest BCUT2D eigenvalue weighted by Gasteiger charge is -2.29. The zero-order chi connectivity index (χ0) is 16.0. The SMILES string of the molecule is c1csc(CN(Cc2scnc2C2CC2)C2CC23CCNCC3)n1. The van der Waals surface area contributed by atoms with Gasteiger partial charge in [0.25, 0.3) is 0 Å². The van der Waals surface area contributed by atoms with Gasteiger partial charge in [0.15, 0.2) is 0 Å². The molecule has 1 saturated heterocycles. The van der Waals surface area contributed by atoms with E-state index in [1.807, 2.05) is 17.5 Å². The summed E-state index contributed by atoms with van der Waals surface area (Å²) in [5.41, 5.74) is 4.02. The van der Waals surface area contributed by atoms with Crippen molar-refractivity contribution >= 4 is 22.7 Å². The van der Waals surface area contributed by atoms with Crippen molar-refractivity contribution in [2.24, 2.45) is 5.41 Å². The molecule has 0 bridgehead atoms. The molecule has 6 heteroatoms. The first kappa shape index (κ1) is 15.4. The fraction of sp³-hybridized carbons (Fsp3) is 0.667. The van der Waals surface area contributed by atoms with E-state index in [-0.39, 0.29) is 0 Å². The van der Waals surface area contributed by atoms with E-state index in [1.165, 1.54) is 60.8 Å². The van der Waals surface area contributed by atoms with Crippen LogP contribution in [0.25, 0.3) is 0 Å². The maximum atomic E-state index is 4.68. The summed E-state index contributed by atoms with van der Waals surface area (Å²) in [6.07, 6.45) is 8.66. The van der Waals surface area contributed by atoms with Crippen LogP contribution in [-0.4, -0.2) is 34.0 Å². The van der Waals surface area contributed by atoms with Gasteiger partial charge in [-0.25, -0.2) is 9.97 Å². The smallest absolute Gasteiger partial charge is 0.107 e. The molecule has 2 aromatic heterocycles. The van der Waals surface area contributed by atoms with Crippen molar-refractivity contribution in [1.82, 2.24) is 20.2 Å². The molecule has 3 aliphatic rings. The Morgan fingerprint density at radius 1 is 1.17 bits per heavy atom. The van der Waals surface area contributed by atoms with Gasteiger partial charge in [-0.05, 0) is 50.6 Å². The van der Waals surface area contributed by atoms with Gasteiger partial charge in [-0.3, -0.25) is 4.90 Å². The number of nitrogens with zero attached hydrogens (tertiary/aromatic N) is 3. The number of nitrogens with one attached hydrogen (secondary N) is 1. The van der Waals surface area contributed by atoms with Gasteiger partial charge >= 0.3 is 0 Å². The van der Waals surface area contributed by atoms with Crippen molar-refractivity contribution < 1.29 is 0 Å². The molecule has 3 heterocycles. The molecule has 0 aromatic carbocycles. The van der Waals surface area contributed by atoms with Gasteiger partial charge < -0.3 is 5.32 Å². The molecule has 4 nitrogen and oxygen atoms in total. The van der Waals surface area contributed by atoms with Gasteiger partial charge in [0.05, 0.1) is 17.7 Å². The standard InChI is InChI=1S/C18H24N4S2/c1-2-13(1)17-14(24-12-21-17)10-22(11-16-20-7-8-23-16)15-9-18(15)3-5-19-6-4-18/h7-8,12-13,15,19H,1-6,9-11H2. The summed E-state index contributed by atoms with van der Waals surface area (Å²) in [4.78, 5) is 13.4. The molecule has 1 atom stereocenters. The van der Waals surface area contributed by atoms with Crippen LogP contribution in [0.4, 0.5) is 0 Å². The molecule has 1 N–H and O–H groups in total. The molecule has 128 valence electrons. The molecule has 5 rings (SSSR count). The quantitative estimate of drug-likeness (QED) is 0.854. The molecule has 2 saturated carbocycles. The van der Waals surface area contributed by atoms with Crippen LogP contribution in [0.5, 0.6) is 0 Å². The van der Waals surface area contributed by atoms with Gasteiger partial charge in [0.2, 0.25) is 0 Å². The van der Waals surface area contributed by atoms with Crippen molar-refractivity contribution in [3.05, 3.63) is 32.7 Å². The lowest BCUT2D eigenvalue weighted by atomic mass is 9.93. The molecule has 2 aromatic rings. The molecule has 3 fully saturated rings. The molecular formula is C18H24N4S2. The average Bonchev–Trinajstić information content (AvgIpc) is 3.44. The van der Waals surface area contributed by atoms with Crippen LogP contribution >= 0.6 is 22.7 Å². The molecule has 1 spiro atoms. The Morgan fingerprint density at radius 2 is 2.04 bits per heavy atom. The fourth-order valence-corrected chi connectivity index (χ4v) is 5.87. The zero-order valence-corrected chi connectivity index (χ0v) is 15.5. The van der Waals surface area contributed by atoms with Crippen molar-refractivity contribution in [2.45, 2.75) is 57.2 Å². The Bertz CT molecular complexity index is 686. The number of hydrogen-bond acceptors (Lipinski definition) is 6. The summed E-state index contributed by atoms with van der Waals surface area (Å²) in [6, 6.07) is 0.734. The second kappa shape index (κ2) is 6.16. The maximum Gasteiger partial charge on any atom is 0.107 e. The Kier molecular flexibility index (Phi) is 3.96. The minimum Gasteiger partial charge on any atom is -0.317 e. The topological polar surface area (TPSA) is 41.1 Å². The fourth-order valence-electron chi connectivity index (χ4n) is 4.36. The third kappa shape index (κ3) is 2.94. The normalized spacial score (nSPS) is 25.5. The predicted octanol–water partition coefficient (Wildman–Crippen LogP) is 3.62. The first-order valence-electron chi connectivity index (χ1n) is 9.09. The van der Waals surface area contributed by atoms with Crippen LogP contribution < -0.4 is 5.32 Å². The summed E-state index contributed by atoms with van der Waals surface area (Å²) in [7, 11) is 0. The number of piperidine rings is 1. The van der Waals surface area contributed by atoms with Gasteiger partial charge in [-0.1, -0.05) is 0 Å². The van der Waals surface area contributed by atoms with Crippen molar-refractivity contribution in [1.29, 1.82) is 0 Å². The number of aromatic nitrogens is 2. The monoisotopic (exact) mass is 360 g/mol. The second-order valence-corrected chi connectivity index (χ2v) is 9.52. The summed E-state index contributed by atoms with van der Waals surface area (Å²) in [6.45, 7) is 4.44. The Labute approximate surface area is 151 Å².